The summed E-state index contributed by atoms with van der Waals surface area (Å²) in [5.41, 5.74) is 7.78. The fourth-order valence-electron chi connectivity index (χ4n) is 1.85. The van der Waals surface area contributed by atoms with Gasteiger partial charge in [-0.2, -0.15) is 5.10 Å². The normalized spacial score (nSPS) is 21.6. The number of H-pyrrole nitrogens is 1. The van der Waals surface area contributed by atoms with E-state index < -0.39 is 0 Å². The largest absolute Gasteiger partial charge is 0.396 e. The summed E-state index contributed by atoms with van der Waals surface area (Å²) in [5, 5.41) is 6.94. The number of hydrogen-bond acceptors (Lipinski definition) is 3. The lowest BCUT2D eigenvalue weighted by Gasteiger charge is -2.32. The maximum atomic E-state index is 5.82. The average molecular weight is 181 g/mol. The Hall–Kier alpha value is -1.03. The number of hydrogen-bond donors (Lipinski definition) is 2. The van der Waals surface area contributed by atoms with Crippen LogP contribution in [0.4, 0.5) is 5.69 Å². The molecule has 0 unspecified atom stereocenters. The van der Waals surface area contributed by atoms with Crippen LogP contribution in [0, 0.1) is 0 Å². The lowest BCUT2D eigenvalue weighted by molar-refractivity contribution is 0.0553. The molecule has 0 atom stereocenters. The predicted octanol–water partition coefficient (Wildman–Crippen LogP) is 1.06. The molecule has 4 nitrogen and oxygen atoms in total. The monoisotopic (exact) mass is 181 g/mol. The highest BCUT2D eigenvalue weighted by Gasteiger charge is 2.32. The topological polar surface area (TPSA) is 63.9 Å². The molecule has 1 aliphatic heterocycles. The van der Waals surface area contributed by atoms with Gasteiger partial charge in [0.05, 0.1) is 17.6 Å². The molecule has 0 bridgehead atoms. The molecular weight excluding hydrogens is 166 g/mol. The Kier molecular flexibility index (Phi) is 2.00. The van der Waals surface area contributed by atoms with Crippen LogP contribution in [0.1, 0.15) is 25.5 Å². The maximum Gasteiger partial charge on any atom is 0.0736 e. The zero-order valence-corrected chi connectivity index (χ0v) is 7.84. The van der Waals surface area contributed by atoms with Crippen LogP contribution in [-0.4, -0.2) is 23.4 Å². The van der Waals surface area contributed by atoms with E-state index in [1.807, 2.05) is 0 Å². The molecule has 2 heterocycles. The molecule has 0 saturated carbocycles. The molecule has 0 radical (unpaired) electrons. The summed E-state index contributed by atoms with van der Waals surface area (Å²) in [6.07, 6.45) is 3.70. The molecular formula is C9H15N3O. The number of nitrogen functional groups attached to an aromatic ring is 1. The van der Waals surface area contributed by atoms with Gasteiger partial charge in [-0.25, -0.2) is 0 Å². The summed E-state index contributed by atoms with van der Waals surface area (Å²) >= 11 is 0. The van der Waals surface area contributed by atoms with Crippen LogP contribution in [0.25, 0.3) is 0 Å². The number of nitrogens with one attached hydrogen (secondary N) is 1. The first-order valence-corrected chi connectivity index (χ1v) is 4.59. The van der Waals surface area contributed by atoms with E-state index in [-0.39, 0.29) is 5.41 Å². The quantitative estimate of drug-likeness (QED) is 0.681. The Morgan fingerprint density at radius 2 is 2.23 bits per heavy atom. The van der Waals surface area contributed by atoms with Crippen LogP contribution in [0.5, 0.6) is 0 Å². The Morgan fingerprint density at radius 3 is 2.77 bits per heavy atom. The Bertz CT molecular complexity index is 289. The van der Waals surface area contributed by atoms with Gasteiger partial charge in [-0.05, 0) is 12.8 Å². The first-order chi connectivity index (χ1) is 6.22. The zero-order chi connectivity index (χ0) is 9.31. The van der Waals surface area contributed by atoms with Gasteiger partial charge in [-0.15, -0.1) is 0 Å². The van der Waals surface area contributed by atoms with Gasteiger partial charge in [0, 0.05) is 18.6 Å². The van der Waals surface area contributed by atoms with Crippen molar-refractivity contribution in [1.29, 1.82) is 0 Å². The van der Waals surface area contributed by atoms with Crippen LogP contribution < -0.4 is 5.73 Å². The highest BCUT2D eigenvalue weighted by Crippen LogP contribution is 2.35. The molecule has 1 saturated heterocycles. The van der Waals surface area contributed by atoms with Crippen molar-refractivity contribution in [2.45, 2.75) is 25.2 Å². The number of ether oxygens (including phenoxy) is 1. The standard InChI is InChI=1S/C9H15N3O/c1-9(2-4-13-5-3-9)8-7(10)6-11-12-8/h6H,2-5,10H2,1H3,(H,11,12). The third kappa shape index (κ3) is 1.42. The molecule has 13 heavy (non-hydrogen) atoms. The van der Waals surface area contributed by atoms with Crippen LogP contribution in [-0.2, 0) is 10.2 Å². The number of anilines is 1. The SMILES string of the molecule is CC1(c2[nH]ncc2N)CCOCC1. The van der Waals surface area contributed by atoms with Crippen molar-refractivity contribution >= 4 is 5.69 Å². The van der Waals surface area contributed by atoms with Crippen molar-refractivity contribution in [3.05, 3.63) is 11.9 Å². The molecule has 3 N–H and O–H groups in total. The summed E-state index contributed by atoms with van der Waals surface area (Å²) in [4.78, 5) is 0. The molecule has 1 fully saturated rings. The highest BCUT2D eigenvalue weighted by atomic mass is 16.5. The van der Waals surface area contributed by atoms with E-state index in [4.69, 9.17) is 10.5 Å². The number of aromatic amines is 1. The minimum absolute atomic E-state index is 0.124. The van der Waals surface area contributed by atoms with Gasteiger partial charge in [0.15, 0.2) is 0 Å². The molecule has 0 amide bonds. The smallest absolute Gasteiger partial charge is 0.0736 e. The van der Waals surface area contributed by atoms with Crippen LogP contribution in [0.2, 0.25) is 0 Å². The number of nitrogens with zero attached hydrogens (tertiary/aromatic N) is 1. The predicted molar refractivity (Wildman–Crippen MR) is 50.4 cm³/mol. The van der Waals surface area contributed by atoms with Crippen molar-refractivity contribution < 1.29 is 4.74 Å². The lowest BCUT2D eigenvalue weighted by Crippen LogP contribution is -2.31. The minimum atomic E-state index is 0.124. The van der Waals surface area contributed by atoms with Crippen molar-refractivity contribution in [2.75, 3.05) is 18.9 Å². The lowest BCUT2D eigenvalue weighted by atomic mass is 9.79. The van der Waals surface area contributed by atoms with E-state index in [1.165, 1.54) is 0 Å². The van der Waals surface area contributed by atoms with Crippen molar-refractivity contribution in [1.82, 2.24) is 10.2 Å². The van der Waals surface area contributed by atoms with Crippen molar-refractivity contribution in [3.8, 4) is 0 Å². The zero-order valence-electron chi connectivity index (χ0n) is 7.84. The summed E-state index contributed by atoms with van der Waals surface area (Å²) < 4.78 is 5.33. The second-order valence-corrected chi connectivity index (χ2v) is 3.87. The first-order valence-electron chi connectivity index (χ1n) is 4.59. The van der Waals surface area contributed by atoms with Gasteiger partial charge in [-0.3, -0.25) is 5.10 Å². The van der Waals surface area contributed by atoms with Crippen LogP contribution in [0.3, 0.4) is 0 Å². The third-order valence-corrected chi connectivity index (χ3v) is 2.87. The number of rotatable bonds is 1. The number of nitrogens with two attached hydrogens (primary N) is 1. The maximum absolute atomic E-state index is 5.82. The second-order valence-electron chi connectivity index (χ2n) is 3.87. The first kappa shape index (κ1) is 8.56. The summed E-state index contributed by atoms with van der Waals surface area (Å²) in [7, 11) is 0. The Balaban J connectivity index is 2.27. The van der Waals surface area contributed by atoms with Crippen molar-refractivity contribution in [3.63, 3.8) is 0 Å². The van der Waals surface area contributed by atoms with Crippen LogP contribution in [0.15, 0.2) is 6.20 Å². The van der Waals surface area contributed by atoms with E-state index in [9.17, 15) is 0 Å². The van der Waals surface area contributed by atoms with Gasteiger partial charge in [0.1, 0.15) is 0 Å². The van der Waals surface area contributed by atoms with Crippen molar-refractivity contribution in [2.24, 2.45) is 0 Å². The minimum Gasteiger partial charge on any atom is -0.396 e. The van der Waals surface area contributed by atoms with E-state index in [0.29, 0.717) is 0 Å². The van der Waals surface area contributed by atoms with Gasteiger partial charge in [-0.1, -0.05) is 6.92 Å². The highest BCUT2D eigenvalue weighted by molar-refractivity contribution is 5.44. The summed E-state index contributed by atoms with van der Waals surface area (Å²) in [5.74, 6) is 0. The van der Waals surface area contributed by atoms with Gasteiger partial charge in [0.25, 0.3) is 0 Å². The molecule has 72 valence electrons. The Morgan fingerprint density at radius 1 is 1.54 bits per heavy atom. The van der Waals surface area contributed by atoms with Gasteiger partial charge >= 0.3 is 0 Å². The Labute approximate surface area is 77.5 Å². The molecule has 1 aromatic rings. The molecule has 1 aromatic heterocycles. The fraction of sp³-hybridized carbons (Fsp3) is 0.667. The third-order valence-electron chi connectivity index (χ3n) is 2.87. The molecule has 0 spiro atoms. The van der Waals surface area contributed by atoms with E-state index in [2.05, 4.69) is 17.1 Å². The van der Waals surface area contributed by atoms with Gasteiger partial charge in [0.2, 0.25) is 0 Å². The summed E-state index contributed by atoms with van der Waals surface area (Å²) in [6.45, 7) is 3.84. The van der Waals surface area contributed by atoms with Gasteiger partial charge < -0.3 is 10.5 Å². The molecule has 0 aliphatic carbocycles. The molecule has 2 rings (SSSR count). The van der Waals surface area contributed by atoms with E-state index >= 15 is 0 Å². The van der Waals surface area contributed by atoms with Crippen LogP contribution >= 0.6 is 0 Å². The molecule has 0 aromatic carbocycles. The average Bonchev–Trinajstić information content (AvgIpc) is 2.53. The number of aromatic nitrogens is 2. The molecule has 1 aliphatic rings. The summed E-state index contributed by atoms with van der Waals surface area (Å²) in [6, 6.07) is 0. The van der Waals surface area contributed by atoms with E-state index in [0.717, 1.165) is 37.4 Å². The fourth-order valence-corrected chi connectivity index (χ4v) is 1.85. The molecule has 4 heteroatoms. The second kappa shape index (κ2) is 3.03. The van der Waals surface area contributed by atoms with E-state index in [1.54, 1.807) is 6.20 Å².